The van der Waals surface area contributed by atoms with Gasteiger partial charge >= 0.3 is 128 Å². The van der Waals surface area contributed by atoms with Crippen molar-refractivity contribution in [1.29, 1.82) is 0 Å². The molecule has 1 unspecified atom stereocenters. The van der Waals surface area contributed by atoms with Crippen molar-refractivity contribution in [2.45, 2.75) is 10.0 Å². The van der Waals surface area contributed by atoms with E-state index < -0.39 is 23.2 Å². The van der Waals surface area contributed by atoms with Crippen molar-refractivity contribution < 1.29 is 48.0 Å². The second-order valence-electron chi connectivity index (χ2n) is 4.82. The number of halogens is 2. The number of allylic oxidation sites excluding steroid dienone is 5. The van der Waals surface area contributed by atoms with Gasteiger partial charge in [-0.2, -0.15) is 0 Å². The first kappa shape index (κ1) is 17.3. The first-order valence-corrected chi connectivity index (χ1v) is 9.23. The molecule has 1 heterocycles. The molecule has 1 aromatic heterocycles. The van der Waals surface area contributed by atoms with Crippen LogP contribution in [-0.4, -0.2) is 20.2 Å². The van der Waals surface area contributed by atoms with Crippen molar-refractivity contribution in [3.8, 4) is 0 Å². The Balaban J connectivity index is 0.000000882. The molecule has 0 amide bonds. The van der Waals surface area contributed by atoms with Gasteiger partial charge in [-0.3, -0.25) is 0 Å². The summed E-state index contributed by atoms with van der Waals surface area (Å²) in [5.74, 6) is 0. The normalized spacial score (nSPS) is 17.7. The average molecular weight is 410 g/mol. The molecule has 0 saturated heterocycles. The summed E-state index contributed by atoms with van der Waals surface area (Å²) >= 11 is -0.731. The molecule has 4 nitrogen and oxygen atoms in total. The van der Waals surface area contributed by atoms with Crippen molar-refractivity contribution in [3.63, 3.8) is 0 Å². The third-order valence-electron chi connectivity index (χ3n) is 3.59. The second-order valence-corrected chi connectivity index (χ2v) is 8.53. The minimum absolute atomic E-state index is 0. The number of fused-ring (bicyclic) bond motifs is 1. The van der Waals surface area contributed by atoms with Gasteiger partial charge in [0, 0.05) is 0 Å². The standard InChI is InChI=1S/C10H7N4.C5H5.2ClH.Zr/c1-2-4-9-6-10(5-8(9)3-1)14-12-7-11-13-14;1-2-4-5-3-1;;;/h1-7H;1-3H,4H2;2*1H;/q;;;;+2/p-2. The predicted octanol–water partition coefficient (Wildman–Crippen LogP) is -3.34. The second kappa shape index (κ2) is 7.49. The summed E-state index contributed by atoms with van der Waals surface area (Å²) in [6, 6.07) is 8.63. The Bertz CT molecular complexity index is 738. The largest absolute Gasteiger partial charge is 1.00 e. The van der Waals surface area contributed by atoms with Gasteiger partial charge in [0.15, 0.2) is 0 Å². The summed E-state index contributed by atoms with van der Waals surface area (Å²) in [6.45, 7) is 0. The van der Waals surface area contributed by atoms with Gasteiger partial charge in [-0.25, -0.2) is 0 Å². The van der Waals surface area contributed by atoms with Crippen molar-refractivity contribution in [1.82, 2.24) is 20.2 Å². The molecule has 1 aromatic carbocycles. The van der Waals surface area contributed by atoms with Gasteiger partial charge in [-0.05, 0) is 0 Å². The number of hydrogen-bond acceptors (Lipinski definition) is 3. The maximum absolute atomic E-state index is 4.22. The van der Waals surface area contributed by atoms with E-state index in [-0.39, 0.29) is 24.8 Å². The Labute approximate surface area is 152 Å². The summed E-state index contributed by atoms with van der Waals surface area (Å²) in [5, 5.41) is 12.2. The van der Waals surface area contributed by atoms with E-state index in [4.69, 9.17) is 0 Å². The van der Waals surface area contributed by atoms with Crippen LogP contribution in [0, 0.1) is 0 Å². The first-order valence-electron chi connectivity index (χ1n) is 6.58. The maximum atomic E-state index is 4.22. The fourth-order valence-electron chi connectivity index (χ4n) is 2.66. The van der Waals surface area contributed by atoms with E-state index >= 15 is 0 Å². The van der Waals surface area contributed by atoms with Crippen LogP contribution >= 0.6 is 0 Å². The minimum Gasteiger partial charge on any atom is -1.00 e. The van der Waals surface area contributed by atoms with Crippen LogP contribution in [0.3, 0.4) is 0 Å². The van der Waals surface area contributed by atoms with E-state index in [1.165, 1.54) is 23.2 Å². The smallest absolute Gasteiger partial charge is 1.00 e. The average Bonchev–Trinajstić information content (AvgIpc) is 3.19. The molecule has 1 atom stereocenters. The predicted molar refractivity (Wildman–Crippen MR) is 73.0 cm³/mol. The molecule has 2 aliphatic rings. The molecule has 2 aliphatic carbocycles. The SMILES string of the molecule is C1=CC[C]([Zr+2][CH]2C(n3ncnn3)=Cc3ccccc32)=C1.[Cl-].[Cl-]. The number of hydrogen-bond donors (Lipinski definition) is 0. The molecule has 4 rings (SSSR count). The topological polar surface area (TPSA) is 43.6 Å². The van der Waals surface area contributed by atoms with Crippen molar-refractivity contribution in [2.24, 2.45) is 0 Å². The molecule has 0 fully saturated rings. The van der Waals surface area contributed by atoms with Gasteiger partial charge in [-0.1, -0.05) is 0 Å². The molecule has 0 radical (unpaired) electrons. The number of nitrogens with zero attached hydrogens (tertiary/aromatic N) is 4. The zero-order valence-electron chi connectivity index (χ0n) is 11.5. The maximum Gasteiger partial charge on any atom is -1.00 e. The molecule has 0 bridgehead atoms. The third-order valence-corrected chi connectivity index (χ3v) is 7.61. The van der Waals surface area contributed by atoms with Crippen molar-refractivity contribution in [2.75, 3.05) is 0 Å². The monoisotopic (exact) mass is 408 g/mol. The minimum atomic E-state index is -0.731. The van der Waals surface area contributed by atoms with Crippen LogP contribution in [0.1, 0.15) is 21.2 Å². The van der Waals surface area contributed by atoms with Crippen LogP contribution in [0.5, 0.6) is 0 Å². The Kier molecular flexibility index (Phi) is 5.90. The van der Waals surface area contributed by atoms with E-state index in [2.05, 4.69) is 64.0 Å². The Morgan fingerprint density at radius 2 is 2.05 bits per heavy atom. The number of aromatic nitrogens is 4. The van der Waals surface area contributed by atoms with E-state index in [1.807, 2.05) is 0 Å². The third kappa shape index (κ3) is 3.17. The van der Waals surface area contributed by atoms with Crippen molar-refractivity contribution >= 4 is 11.8 Å². The van der Waals surface area contributed by atoms with Gasteiger partial charge in [0.25, 0.3) is 0 Å². The van der Waals surface area contributed by atoms with Crippen LogP contribution in [0.2, 0.25) is 0 Å². The molecule has 7 heteroatoms. The van der Waals surface area contributed by atoms with Gasteiger partial charge in [0.2, 0.25) is 0 Å². The Morgan fingerprint density at radius 3 is 2.77 bits per heavy atom. The van der Waals surface area contributed by atoms with E-state index in [0.29, 0.717) is 3.63 Å². The van der Waals surface area contributed by atoms with Gasteiger partial charge in [0.05, 0.1) is 0 Å². The number of benzene rings is 1. The zero-order valence-corrected chi connectivity index (χ0v) is 15.5. The molecule has 0 aliphatic heterocycles. The van der Waals surface area contributed by atoms with Crippen molar-refractivity contribution in [3.05, 3.63) is 63.2 Å². The first-order chi connectivity index (χ1) is 9.92. The van der Waals surface area contributed by atoms with Gasteiger partial charge in [0.1, 0.15) is 0 Å². The number of rotatable bonds is 3. The van der Waals surface area contributed by atoms with E-state index in [1.54, 1.807) is 8.08 Å². The molecule has 0 spiro atoms. The Hall–Kier alpha value is -1.03. The summed E-state index contributed by atoms with van der Waals surface area (Å²) in [5.41, 5.74) is 3.92. The van der Waals surface area contributed by atoms with E-state index in [0.717, 1.165) is 6.42 Å². The fraction of sp³-hybridized carbons (Fsp3) is 0.133. The number of tetrazole rings is 1. The van der Waals surface area contributed by atoms with Crippen LogP contribution in [0.25, 0.3) is 11.8 Å². The molecule has 22 heavy (non-hydrogen) atoms. The zero-order chi connectivity index (χ0) is 13.4. The summed E-state index contributed by atoms with van der Waals surface area (Å²) < 4.78 is 2.11. The summed E-state index contributed by atoms with van der Waals surface area (Å²) in [4.78, 5) is 1.69. The van der Waals surface area contributed by atoms with Gasteiger partial charge in [-0.15, -0.1) is 0 Å². The quantitative estimate of drug-likeness (QED) is 0.532. The molecular formula is C15H12Cl2N4Zr. The fourth-order valence-corrected chi connectivity index (χ4v) is 6.50. The van der Waals surface area contributed by atoms with Crippen LogP contribution in [0.4, 0.5) is 0 Å². The molecule has 2 aromatic rings. The molecule has 0 N–H and O–H groups in total. The molecule has 0 saturated carbocycles. The van der Waals surface area contributed by atoms with Crippen LogP contribution in [-0.2, 0) is 23.2 Å². The molecule has 110 valence electrons. The molecular weight excluding hydrogens is 398 g/mol. The van der Waals surface area contributed by atoms with E-state index in [9.17, 15) is 0 Å². The van der Waals surface area contributed by atoms with Crippen LogP contribution < -0.4 is 24.8 Å². The summed E-state index contributed by atoms with van der Waals surface area (Å²) in [6.07, 6.45) is 11.6. The van der Waals surface area contributed by atoms with Crippen LogP contribution in [0.15, 0.2) is 52.1 Å². The summed E-state index contributed by atoms with van der Waals surface area (Å²) in [7, 11) is 0. The Morgan fingerprint density at radius 1 is 1.18 bits per heavy atom. The van der Waals surface area contributed by atoms with Gasteiger partial charge < -0.3 is 24.8 Å².